The Morgan fingerprint density at radius 2 is 1.91 bits per heavy atom. The van der Waals surface area contributed by atoms with Crippen LogP contribution in [0.1, 0.15) is 45.4 Å². The van der Waals surface area contributed by atoms with Crippen molar-refractivity contribution in [2.24, 2.45) is 5.41 Å². The van der Waals surface area contributed by atoms with E-state index in [2.05, 4.69) is 15.6 Å². The molecule has 2 aromatic rings. The van der Waals surface area contributed by atoms with Gasteiger partial charge in [0.2, 0.25) is 17.7 Å². The SMILES string of the molecule is CC(=O)NC(C(=O)N1CC(O)CC1C(=O)NCc1ccc(-c2scnc2CO)cc1)C(C)(C)C. The molecule has 0 aliphatic carbocycles. The standard InChI is InChI=1S/C24H32N4O5S/c1-14(30)27-21(24(2,3)4)23(33)28-11-17(31)9-19(28)22(32)25-10-15-5-7-16(8-6-15)20-18(12-29)26-13-34-20/h5-8,13,17,19,21,29,31H,9-12H2,1-4H3,(H,25,32)(H,27,30). The Bertz CT molecular complexity index is 1030. The van der Waals surface area contributed by atoms with E-state index >= 15 is 0 Å². The average Bonchev–Trinajstić information content (AvgIpc) is 3.41. The molecule has 3 atom stereocenters. The highest BCUT2D eigenvalue weighted by atomic mass is 32.1. The number of aliphatic hydroxyl groups is 2. The van der Waals surface area contributed by atoms with Crippen molar-refractivity contribution in [3.05, 3.63) is 41.0 Å². The van der Waals surface area contributed by atoms with Crippen LogP contribution < -0.4 is 10.6 Å². The lowest BCUT2D eigenvalue weighted by molar-refractivity contribution is -0.143. The van der Waals surface area contributed by atoms with Crippen LogP contribution in [0.3, 0.4) is 0 Å². The second kappa shape index (κ2) is 10.6. The Hall–Kier alpha value is -2.82. The molecular formula is C24H32N4O5S. The van der Waals surface area contributed by atoms with Gasteiger partial charge in [-0.05, 0) is 16.5 Å². The lowest BCUT2D eigenvalue weighted by Gasteiger charge is -2.35. The third-order valence-electron chi connectivity index (χ3n) is 5.80. The van der Waals surface area contributed by atoms with Crippen molar-refractivity contribution in [2.45, 2.75) is 65.5 Å². The Balaban J connectivity index is 1.67. The summed E-state index contributed by atoms with van der Waals surface area (Å²) in [5, 5.41) is 25.2. The Labute approximate surface area is 203 Å². The van der Waals surface area contributed by atoms with Crippen molar-refractivity contribution in [1.82, 2.24) is 20.5 Å². The summed E-state index contributed by atoms with van der Waals surface area (Å²) in [6.07, 6.45) is -0.667. The molecule has 1 aromatic heterocycles. The number of aliphatic hydroxyl groups excluding tert-OH is 2. The van der Waals surface area contributed by atoms with Gasteiger partial charge in [0.1, 0.15) is 12.1 Å². The van der Waals surface area contributed by atoms with Crippen LogP contribution in [-0.2, 0) is 27.5 Å². The van der Waals surface area contributed by atoms with Crippen molar-refractivity contribution >= 4 is 29.1 Å². The summed E-state index contributed by atoms with van der Waals surface area (Å²) in [6.45, 7) is 7.04. The number of nitrogens with zero attached hydrogens (tertiary/aromatic N) is 2. The number of hydrogen-bond donors (Lipinski definition) is 4. The normalized spacial score (nSPS) is 19.1. The second-order valence-corrected chi connectivity index (χ2v) is 10.5. The summed E-state index contributed by atoms with van der Waals surface area (Å²) in [5.41, 5.74) is 3.56. The highest BCUT2D eigenvalue weighted by Gasteiger charge is 2.44. The molecule has 3 unspecified atom stereocenters. The van der Waals surface area contributed by atoms with Gasteiger partial charge in [0.25, 0.3) is 0 Å². The number of carbonyl (C=O) groups is 3. The van der Waals surface area contributed by atoms with Crippen molar-refractivity contribution in [3.63, 3.8) is 0 Å². The van der Waals surface area contributed by atoms with E-state index in [1.54, 1.807) is 5.51 Å². The fraction of sp³-hybridized carbons (Fsp3) is 0.500. The molecule has 0 bridgehead atoms. The van der Waals surface area contributed by atoms with Crippen LogP contribution >= 0.6 is 11.3 Å². The molecule has 0 spiro atoms. The predicted molar refractivity (Wildman–Crippen MR) is 129 cm³/mol. The van der Waals surface area contributed by atoms with E-state index in [1.165, 1.54) is 23.2 Å². The van der Waals surface area contributed by atoms with Gasteiger partial charge in [0.05, 0.1) is 28.8 Å². The molecule has 1 fully saturated rings. The molecule has 1 aliphatic rings. The van der Waals surface area contributed by atoms with Gasteiger partial charge in [-0.2, -0.15) is 0 Å². The third kappa shape index (κ3) is 5.99. The summed E-state index contributed by atoms with van der Waals surface area (Å²) < 4.78 is 0. The van der Waals surface area contributed by atoms with Crippen LogP contribution in [0.4, 0.5) is 0 Å². The fourth-order valence-electron chi connectivity index (χ4n) is 4.02. The average molecular weight is 489 g/mol. The number of β-amino-alcohol motifs (C(OH)–C–C–N with tert-alkyl or cyclic N) is 1. The summed E-state index contributed by atoms with van der Waals surface area (Å²) in [7, 11) is 0. The number of rotatable bonds is 7. The van der Waals surface area contributed by atoms with Gasteiger partial charge in [-0.25, -0.2) is 4.98 Å². The topological polar surface area (TPSA) is 132 Å². The first kappa shape index (κ1) is 25.8. The largest absolute Gasteiger partial charge is 0.391 e. The predicted octanol–water partition coefficient (Wildman–Crippen LogP) is 1.43. The van der Waals surface area contributed by atoms with Crippen LogP contribution in [0.15, 0.2) is 29.8 Å². The maximum Gasteiger partial charge on any atom is 0.246 e. The molecule has 3 rings (SSSR count). The number of benzene rings is 1. The van der Waals surface area contributed by atoms with Crippen molar-refractivity contribution in [2.75, 3.05) is 6.54 Å². The molecule has 34 heavy (non-hydrogen) atoms. The van der Waals surface area contributed by atoms with Gasteiger partial charge >= 0.3 is 0 Å². The fourth-order valence-corrected chi connectivity index (χ4v) is 4.83. The number of aromatic nitrogens is 1. The first-order valence-electron chi connectivity index (χ1n) is 11.2. The maximum atomic E-state index is 13.3. The highest BCUT2D eigenvalue weighted by Crippen LogP contribution is 2.28. The molecule has 2 heterocycles. The molecule has 184 valence electrons. The molecule has 4 N–H and O–H groups in total. The highest BCUT2D eigenvalue weighted by molar-refractivity contribution is 7.13. The van der Waals surface area contributed by atoms with Crippen LogP contribution in [0.5, 0.6) is 0 Å². The maximum absolute atomic E-state index is 13.3. The first-order valence-corrected chi connectivity index (χ1v) is 12.0. The molecule has 1 aliphatic heterocycles. The molecule has 1 saturated heterocycles. The van der Waals surface area contributed by atoms with Gasteiger partial charge in [-0.1, -0.05) is 45.0 Å². The summed E-state index contributed by atoms with van der Waals surface area (Å²) in [5.74, 6) is -1.07. The van der Waals surface area contributed by atoms with Crippen molar-refractivity contribution in [3.8, 4) is 10.4 Å². The van der Waals surface area contributed by atoms with E-state index in [0.29, 0.717) is 5.69 Å². The van der Waals surface area contributed by atoms with E-state index in [4.69, 9.17) is 0 Å². The van der Waals surface area contributed by atoms with Crippen LogP contribution in [0.2, 0.25) is 0 Å². The van der Waals surface area contributed by atoms with E-state index in [1.807, 2.05) is 45.0 Å². The minimum absolute atomic E-state index is 0.0415. The molecule has 10 heteroatoms. The van der Waals surface area contributed by atoms with Crippen molar-refractivity contribution < 1.29 is 24.6 Å². The van der Waals surface area contributed by atoms with Gasteiger partial charge in [0.15, 0.2) is 0 Å². The monoisotopic (exact) mass is 488 g/mol. The molecular weight excluding hydrogens is 456 g/mol. The quantitative estimate of drug-likeness (QED) is 0.466. The smallest absolute Gasteiger partial charge is 0.246 e. The minimum atomic E-state index is -0.815. The first-order chi connectivity index (χ1) is 16.0. The lowest BCUT2D eigenvalue weighted by Crippen LogP contribution is -2.57. The molecule has 9 nitrogen and oxygen atoms in total. The zero-order valence-electron chi connectivity index (χ0n) is 19.9. The number of hydrogen-bond acceptors (Lipinski definition) is 7. The second-order valence-electron chi connectivity index (χ2n) is 9.60. The third-order valence-corrected chi connectivity index (χ3v) is 6.72. The Kier molecular flexibility index (Phi) is 8.06. The number of nitrogens with one attached hydrogen (secondary N) is 2. The van der Waals surface area contributed by atoms with E-state index in [0.717, 1.165) is 16.0 Å². The van der Waals surface area contributed by atoms with Crippen LogP contribution in [0, 0.1) is 5.41 Å². The van der Waals surface area contributed by atoms with E-state index in [-0.39, 0.29) is 43.8 Å². The number of carbonyl (C=O) groups excluding carboxylic acids is 3. The summed E-state index contributed by atoms with van der Waals surface area (Å²) >= 11 is 1.45. The van der Waals surface area contributed by atoms with Gasteiger partial charge in [0, 0.05) is 26.4 Å². The zero-order chi connectivity index (χ0) is 25.0. The molecule has 1 aromatic carbocycles. The zero-order valence-corrected chi connectivity index (χ0v) is 20.7. The number of amides is 3. The van der Waals surface area contributed by atoms with Crippen LogP contribution in [0.25, 0.3) is 10.4 Å². The summed E-state index contributed by atoms with van der Waals surface area (Å²) in [4.78, 5) is 44.3. The van der Waals surface area contributed by atoms with Gasteiger partial charge < -0.3 is 25.7 Å². The van der Waals surface area contributed by atoms with Gasteiger partial charge in [-0.15, -0.1) is 11.3 Å². The Morgan fingerprint density at radius 1 is 1.24 bits per heavy atom. The number of likely N-dealkylation sites (tertiary alicyclic amines) is 1. The van der Waals surface area contributed by atoms with E-state index in [9.17, 15) is 24.6 Å². The summed E-state index contributed by atoms with van der Waals surface area (Å²) in [6, 6.07) is 5.96. The molecule has 0 radical (unpaired) electrons. The van der Waals surface area contributed by atoms with Gasteiger partial charge in [-0.3, -0.25) is 14.4 Å². The molecule has 0 saturated carbocycles. The molecule has 3 amide bonds. The van der Waals surface area contributed by atoms with Crippen LogP contribution in [-0.4, -0.2) is 62.6 Å². The van der Waals surface area contributed by atoms with Crippen molar-refractivity contribution in [1.29, 1.82) is 0 Å². The minimum Gasteiger partial charge on any atom is -0.391 e. The Morgan fingerprint density at radius 3 is 2.50 bits per heavy atom. The lowest BCUT2D eigenvalue weighted by atomic mass is 9.85. The number of thiazole rings is 1. The van der Waals surface area contributed by atoms with E-state index < -0.39 is 23.6 Å².